The van der Waals surface area contributed by atoms with Gasteiger partial charge in [-0.2, -0.15) is 0 Å². The number of thiazole rings is 1. The van der Waals surface area contributed by atoms with Crippen LogP contribution >= 0.6 is 34.5 Å². The number of aromatic nitrogens is 1. The Morgan fingerprint density at radius 2 is 1.86 bits per heavy atom. The molecule has 1 saturated heterocycles. The summed E-state index contributed by atoms with van der Waals surface area (Å²) < 4.78 is 34.7. The topological polar surface area (TPSA) is 147 Å². The van der Waals surface area contributed by atoms with Gasteiger partial charge in [-0.3, -0.25) is 19.1 Å². The second-order valence-electron chi connectivity index (χ2n) is 14.0. The molecule has 5 atom stereocenters. The van der Waals surface area contributed by atoms with E-state index in [1.54, 1.807) is 25.1 Å². The van der Waals surface area contributed by atoms with E-state index < -0.39 is 50.3 Å². The number of hydrogen-bond donors (Lipinski definition) is 3. The van der Waals surface area contributed by atoms with Crippen molar-refractivity contribution in [2.45, 2.75) is 93.2 Å². The van der Waals surface area contributed by atoms with E-state index in [1.165, 1.54) is 16.2 Å². The van der Waals surface area contributed by atoms with Gasteiger partial charge in [0.2, 0.25) is 21.8 Å². The number of ether oxygens (including phenoxy) is 1. The third-order valence-corrected chi connectivity index (χ3v) is 13.7. The molecule has 0 spiro atoms. The van der Waals surface area contributed by atoms with Crippen LogP contribution in [0.5, 0.6) is 5.19 Å². The molecule has 2 aliphatic carbocycles. The lowest BCUT2D eigenvalue weighted by atomic mass is 10.0. The largest absolute Gasteiger partial charge is 0.465 e. The lowest BCUT2D eigenvalue weighted by molar-refractivity contribution is -0.140. The molecule has 3 heterocycles. The van der Waals surface area contributed by atoms with Gasteiger partial charge >= 0.3 is 0 Å². The molecule has 50 heavy (non-hydrogen) atoms. The third-order valence-electron chi connectivity index (χ3n) is 10.2. The Morgan fingerprint density at radius 3 is 2.60 bits per heavy atom. The van der Waals surface area contributed by atoms with Crippen LogP contribution in [-0.2, 0) is 24.4 Å². The molecule has 3 N–H and O–H groups in total. The lowest BCUT2D eigenvalue weighted by Gasteiger charge is -2.30. The number of anilines is 1. The van der Waals surface area contributed by atoms with Gasteiger partial charge in [0.15, 0.2) is 0 Å². The minimum absolute atomic E-state index is 0.108. The van der Waals surface area contributed by atoms with Crippen LogP contribution < -0.4 is 20.1 Å². The summed E-state index contributed by atoms with van der Waals surface area (Å²) in [5.41, 5.74) is -0.0947. The van der Waals surface area contributed by atoms with Crippen LogP contribution in [0.15, 0.2) is 54.6 Å². The summed E-state index contributed by atoms with van der Waals surface area (Å²) in [7, 11) is -3.95. The van der Waals surface area contributed by atoms with Crippen LogP contribution in [0, 0.1) is 5.92 Å². The summed E-state index contributed by atoms with van der Waals surface area (Å²) in [6.07, 6.45) is 8.33. The Hall–Kier alpha value is -3.39. The first-order valence-corrected chi connectivity index (χ1v) is 20.0. The van der Waals surface area contributed by atoms with Crippen LogP contribution in [0.4, 0.5) is 5.69 Å². The fraction of sp³-hybridized carbons (Fsp3) is 0.486. The number of carbonyl (C=O) groups excluding carboxylic acids is 3. The molecule has 0 unspecified atom stereocenters. The molecule has 0 radical (unpaired) electrons. The molecule has 266 valence electrons. The highest BCUT2D eigenvalue weighted by atomic mass is 35.5. The molecular formula is C35H39Cl2N5O6S2. The molecule has 7 rings (SSSR count). The van der Waals surface area contributed by atoms with Crippen LogP contribution in [0.25, 0.3) is 10.2 Å². The van der Waals surface area contributed by atoms with Gasteiger partial charge in [-0.1, -0.05) is 71.7 Å². The average molecular weight is 761 g/mol. The molecule has 1 aromatic heterocycles. The van der Waals surface area contributed by atoms with E-state index in [4.69, 9.17) is 27.9 Å². The van der Waals surface area contributed by atoms with E-state index in [2.05, 4.69) is 20.3 Å². The molecule has 2 aliphatic heterocycles. The number of carbonyl (C=O) groups is 3. The maximum Gasteiger partial charge on any atom is 0.274 e. The molecule has 2 aromatic carbocycles. The van der Waals surface area contributed by atoms with Gasteiger partial charge in [0, 0.05) is 28.1 Å². The zero-order chi connectivity index (χ0) is 35.3. The van der Waals surface area contributed by atoms with Crippen molar-refractivity contribution in [3.05, 3.63) is 64.7 Å². The fourth-order valence-electron chi connectivity index (χ4n) is 6.83. The van der Waals surface area contributed by atoms with Gasteiger partial charge in [0.1, 0.15) is 23.7 Å². The van der Waals surface area contributed by atoms with Crippen LogP contribution in [0.1, 0.15) is 64.7 Å². The van der Waals surface area contributed by atoms with Crippen molar-refractivity contribution in [2.75, 3.05) is 11.9 Å². The molecule has 4 aliphatic rings. The van der Waals surface area contributed by atoms with Crippen LogP contribution in [0.2, 0.25) is 10.0 Å². The van der Waals surface area contributed by atoms with Crippen LogP contribution in [0.3, 0.4) is 0 Å². The number of benzene rings is 2. The first-order chi connectivity index (χ1) is 23.9. The number of sulfonamides is 1. The standard InChI is InChI=1S/C35H39Cl2N5O6S2/c1-34(13-14-34)50(46,47)41-32(45)35-19-21(35)9-5-3-2-4-6-11-27(38-24-16-22(36)15-23(37)17-24)31(44)42-20-25(18-28(42)30(43)40-35)48-33-39-26-10-7-8-12-29(26)49-33/h5,7-10,12,15-17,21,25,27-28,38H,2-4,6,11,13-14,18-20H2,1H3,(H,40,43)(H,41,45)/b9-5-/t21-,25-,27+,28+,35-/m1/s1. The number of nitrogens with one attached hydrogen (secondary N) is 3. The maximum absolute atomic E-state index is 14.5. The molecule has 15 heteroatoms. The summed E-state index contributed by atoms with van der Waals surface area (Å²) in [4.78, 5) is 48.7. The van der Waals surface area contributed by atoms with Gasteiger partial charge in [-0.05, 0) is 75.8 Å². The van der Waals surface area contributed by atoms with E-state index in [9.17, 15) is 22.8 Å². The van der Waals surface area contributed by atoms with Crippen molar-refractivity contribution in [3.63, 3.8) is 0 Å². The van der Waals surface area contributed by atoms with Gasteiger partial charge in [0.25, 0.3) is 11.1 Å². The normalized spacial score (nSPS) is 28.7. The lowest BCUT2D eigenvalue weighted by Crippen LogP contribution is -2.58. The summed E-state index contributed by atoms with van der Waals surface area (Å²) in [6, 6.07) is 10.9. The highest BCUT2D eigenvalue weighted by molar-refractivity contribution is 7.91. The minimum atomic E-state index is -3.95. The van der Waals surface area contributed by atoms with Crippen molar-refractivity contribution in [2.24, 2.45) is 5.92 Å². The number of amides is 3. The van der Waals surface area contributed by atoms with Gasteiger partial charge in [-0.25, -0.2) is 13.4 Å². The van der Waals surface area contributed by atoms with Crippen molar-refractivity contribution >= 4 is 78.2 Å². The van der Waals surface area contributed by atoms with Crippen molar-refractivity contribution in [3.8, 4) is 5.19 Å². The summed E-state index contributed by atoms with van der Waals surface area (Å²) in [5, 5.41) is 7.50. The quantitative estimate of drug-likeness (QED) is 0.255. The smallest absolute Gasteiger partial charge is 0.274 e. The molecule has 11 nitrogen and oxygen atoms in total. The number of halogens is 2. The second kappa shape index (κ2) is 13.6. The number of para-hydroxylation sites is 1. The number of hydrogen-bond acceptors (Lipinski definition) is 9. The minimum Gasteiger partial charge on any atom is -0.465 e. The first kappa shape index (κ1) is 35.0. The first-order valence-electron chi connectivity index (χ1n) is 17.0. The maximum atomic E-state index is 14.5. The Labute approximate surface area is 305 Å². The highest BCUT2D eigenvalue weighted by Crippen LogP contribution is 2.47. The predicted octanol–water partition coefficient (Wildman–Crippen LogP) is 5.83. The second-order valence-corrected chi connectivity index (χ2v) is 18.1. The van der Waals surface area contributed by atoms with E-state index >= 15 is 0 Å². The molecular weight excluding hydrogens is 721 g/mol. The van der Waals surface area contributed by atoms with Gasteiger partial charge < -0.3 is 20.3 Å². The molecule has 2 saturated carbocycles. The Balaban J connectivity index is 1.19. The van der Waals surface area contributed by atoms with Gasteiger partial charge in [-0.15, -0.1) is 0 Å². The third kappa shape index (κ3) is 7.19. The highest BCUT2D eigenvalue weighted by Gasteiger charge is 2.63. The fourth-order valence-corrected chi connectivity index (χ4v) is 9.55. The summed E-state index contributed by atoms with van der Waals surface area (Å²) >= 11 is 14.0. The number of allylic oxidation sites excluding steroid dienone is 1. The zero-order valence-corrected chi connectivity index (χ0v) is 30.6. The van der Waals surface area contributed by atoms with Crippen molar-refractivity contribution < 1.29 is 27.5 Å². The molecule has 3 aromatic rings. The van der Waals surface area contributed by atoms with Gasteiger partial charge in [0.05, 0.1) is 21.5 Å². The Bertz CT molecular complexity index is 1910. The average Bonchev–Trinajstić information content (AvgIpc) is 3.86. The summed E-state index contributed by atoms with van der Waals surface area (Å²) in [6.45, 7) is 1.71. The predicted molar refractivity (Wildman–Crippen MR) is 194 cm³/mol. The monoisotopic (exact) mass is 759 g/mol. The Kier molecular flexibility index (Phi) is 9.55. The van der Waals surface area contributed by atoms with E-state index in [0.717, 1.165) is 35.9 Å². The number of nitrogens with zero attached hydrogens (tertiary/aromatic N) is 2. The molecule has 3 amide bonds. The molecule has 0 bridgehead atoms. The number of rotatable bonds is 7. The van der Waals surface area contributed by atoms with Crippen molar-refractivity contribution in [1.82, 2.24) is 19.9 Å². The van der Waals surface area contributed by atoms with E-state index in [-0.39, 0.29) is 31.2 Å². The van der Waals surface area contributed by atoms with E-state index in [1.807, 2.05) is 36.4 Å². The zero-order valence-electron chi connectivity index (χ0n) is 27.5. The van der Waals surface area contributed by atoms with E-state index in [0.29, 0.717) is 40.2 Å². The van der Waals surface area contributed by atoms with Crippen molar-refractivity contribution in [1.29, 1.82) is 0 Å². The van der Waals surface area contributed by atoms with Crippen LogP contribution in [-0.4, -0.2) is 71.0 Å². The summed E-state index contributed by atoms with van der Waals surface area (Å²) in [5.74, 6) is -2.00. The SMILES string of the molecule is CC1(S(=O)(=O)NC(=O)[C@@]23C[C@H]2/C=C\CCCCC[C@H](Nc2cc(Cl)cc(Cl)c2)C(=O)N2C[C@H](Oc4nc5ccccc5s4)C[C@H]2C(=O)N3)CC1. The Morgan fingerprint density at radius 1 is 1.10 bits per heavy atom. The molecule has 3 fully saturated rings. The number of fused-ring (bicyclic) bond motifs is 3.